The second-order valence-electron chi connectivity index (χ2n) is 2.81. The Balaban J connectivity index is 2.56. The molecular formula is C10H9NO2. The number of hydrogen-bond acceptors (Lipinski definition) is 3. The summed E-state index contributed by atoms with van der Waals surface area (Å²) in [6.45, 7) is 1.58. The number of rotatable bonds is 1. The first-order chi connectivity index (χ1) is 6.25. The predicted octanol–water partition coefficient (Wildman–Crippen LogP) is 2.75. The van der Waals surface area contributed by atoms with Crippen molar-refractivity contribution in [2.75, 3.05) is 0 Å². The van der Waals surface area contributed by atoms with Crippen molar-refractivity contribution in [3.63, 3.8) is 0 Å². The molecule has 0 unspecified atom stereocenters. The monoisotopic (exact) mass is 175 g/mol. The third kappa shape index (κ3) is 1.54. The quantitative estimate of drug-likeness (QED) is 0.678. The van der Waals surface area contributed by atoms with E-state index in [0.717, 1.165) is 11.1 Å². The van der Waals surface area contributed by atoms with Crippen LogP contribution in [0.5, 0.6) is 0 Å². The molecule has 66 valence electrons. The molecule has 0 saturated carbocycles. The van der Waals surface area contributed by atoms with Crippen LogP contribution in [-0.4, -0.2) is 10.1 Å². The van der Waals surface area contributed by atoms with E-state index >= 15 is 0 Å². The Labute approximate surface area is 75.3 Å². The highest BCUT2D eigenvalue weighted by Crippen LogP contribution is 2.15. The van der Waals surface area contributed by atoms with Crippen LogP contribution in [0.25, 0.3) is 17.2 Å². The molecule has 0 amide bonds. The molecule has 0 saturated heterocycles. The van der Waals surface area contributed by atoms with Gasteiger partial charge in [0.2, 0.25) is 5.89 Å². The number of para-hydroxylation sites is 2. The predicted molar refractivity (Wildman–Crippen MR) is 50.3 cm³/mol. The third-order valence-corrected chi connectivity index (χ3v) is 1.64. The van der Waals surface area contributed by atoms with Crippen LogP contribution in [0.4, 0.5) is 0 Å². The fourth-order valence-corrected chi connectivity index (χ4v) is 1.13. The molecule has 0 bridgehead atoms. The fraction of sp³-hybridized carbons (Fsp3) is 0.100. The first-order valence-electron chi connectivity index (χ1n) is 3.98. The Hall–Kier alpha value is -1.77. The Morgan fingerprint density at radius 2 is 2.23 bits per heavy atom. The number of benzene rings is 1. The third-order valence-electron chi connectivity index (χ3n) is 1.64. The van der Waals surface area contributed by atoms with E-state index in [9.17, 15) is 0 Å². The van der Waals surface area contributed by atoms with E-state index in [4.69, 9.17) is 9.52 Å². The molecule has 0 aliphatic rings. The highest BCUT2D eigenvalue weighted by Gasteiger charge is 2.01. The summed E-state index contributed by atoms with van der Waals surface area (Å²) in [5, 5.41) is 8.99. The number of hydrogen-bond donors (Lipinski definition) is 1. The summed E-state index contributed by atoms with van der Waals surface area (Å²) in [7, 11) is 0. The lowest BCUT2D eigenvalue weighted by atomic mass is 10.3. The average molecular weight is 175 g/mol. The van der Waals surface area contributed by atoms with E-state index in [2.05, 4.69) is 4.98 Å². The average Bonchev–Trinajstić information content (AvgIpc) is 2.44. The normalized spacial score (nSPS) is 12.2. The SMILES string of the molecule is C/C(O)=C/c1nc2ccccc2o1. The van der Waals surface area contributed by atoms with Crippen LogP contribution in [0, 0.1) is 0 Å². The van der Waals surface area contributed by atoms with Crippen molar-refractivity contribution in [1.29, 1.82) is 0 Å². The van der Waals surface area contributed by atoms with Crippen molar-refractivity contribution in [3.05, 3.63) is 35.9 Å². The standard InChI is InChI=1S/C10H9NO2/c1-7(12)6-10-11-8-4-2-3-5-9(8)13-10/h2-6,12H,1H3/b7-6-. The molecule has 2 aromatic rings. The summed E-state index contributed by atoms with van der Waals surface area (Å²) < 4.78 is 5.33. The molecular weight excluding hydrogens is 166 g/mol. The van der Waals surface area contributed by atoms with Crippen LogP contribution in [0.3, 0.4) is 0 Å². The summed E-state index contributed by atoms with van der Waals surface area (Å²) in [5.74, 6) is 0.618. The van der Waals surface area contributed by atoms with Crippen molar-refractivity contribution in [2.45, 2.75) is 6.92 Å². The lowest BCUT2D eigenvalue weighted by Gasteiger charge is -1.83. The topological polar surface area (TPSA) is 46.3 Å². The first kappa shape index (κ1) is 7.86. The Morgan fingerprint density at radius 1 is 1.46 bits per heavy atom. The minimum absolute atomic E-state index is 0.187. The number of nitrogens with zero attached hydrogens (tertiary/aromatic N) is 1. The molecule has 3 nitrogen and oxygen atoms in total. The summed E-state index contributed by atoms with van der Waals surface area (Å²) in [6, 6.07) is 7.48. The van der Waals surface area contributed by atoms with Crippen molar-refractivity contribution in [2.24, 2.45) is 0 Å². The highest BCUT2D eigenvalue weighted by molar-refractivity contribution is 5.73. The first-order valence-corrected chi connectivity index (χ1v) is 3.98. The van der Waals surface area contributed by atoms with Gasteiger partial charge in [-0.15, -0.1) is 0 Å². The summed E-state index contributed by atoms with van der Waals surface area (Å²) in [5.41, 5.74) is 1.53. The zero-order valence-electron chi connectivity index (χ0n) is 7.19. The van der Waals surface area contributed by atoms with Crippen LogP contribution in [0.2, 0.25) is 0 Å². The van der Waals surface area contributed by atoms with Gasteiger partial charge in [0.25, 0.3) is 0 Å². The molecule has 3 heteroatoms. The van der Waals surface area contributed by atoms with Gasteiger partial charge in [0.05, 0.1) is 5.76 Å². The number of aromatic nitrogens is 1. The zero-order chi connectivity index (χ0) is 9.26. The molecule has 0 aliphatic carbocycles. The number of aliphatic hydroxyl groups excluding tert-OH is 1. The van der Waals surface area contributed by atoms with Gasteiger partial charge in [-0.1, -0.05) is 12.1 Å². The van der Waals surface area contributed by atoms with Gasteiger partial charge in [-0.3, -0.25) is 0 Å². The molecule has 1 N–H and O–H groups in total. The smallest absolute Gasteiger partial charge is 0.223 e. The molecule has 1 heterocycles. The van der Waals surface area contributed by atoms with Gasteiger partial charge >= 0.3 is 0 Å². The Bertz CT molecular complexity index is 420. The van der Waals surface area contributed by atoms with Crippen LogP contribution in [0.15, 0.2) is 34.4 Å². The van der Waals surface area contributed by atoms with Crippen LogP contribution >= 0.6 is 0 Å². The molecule has 13 heavy (non-hydrogen) atoms. The molecule has 0 spiro atoms. The lowest BCUT2D eigenvalue weighted by Crippen LogP contribution is -1.72. The number of fused-ring (bicyclic) bond motifs is 1. The van der Waals surface area contributed by atoms with E-state index < -0.39 is 0 Å². The zero-order valence-corrected chi connectivity index (χ0v) is 7.19. The van der Waals surface area contributed by atoms with Gasteiger partial charge in [0.15, 0.2) is 5.58 Å². The van der Waals surface area contributed by atoms with Crippen molar-refractivity contribution >= 4 is 17.2 Å². The molecule has 0 fully saturated rings. The van der Waals surface area contributed by atoms with Crippen LogP contribution in [-0.2, 0) is 0 Å². The number of allylic oxidation sites excluding steroid dienone is 1. The lowest BCUT2D eigenvalue weighted by molar-refractivity contribution is 0.417. The van der Waals surface area contributed by atoms with E-state index in [1.807, 2.05) is 24.3 Å². The van der Waals surface area contributed by atoms with Gasteiger partial charge in [0.1, 0.15) is 5.52 Å². The van der Waals surface area contributed by atoms with E-state index in [1.165, 1.54) is 6.08 Å². The largest absolute Gasteiger partial charge is 0.512 e. The minimum Gasteiger partial charge on any atom is -0.512 e. The second kappa shape index (κ2) is 2.94. The molecule has 1 aromatic heterocycles. The van der Waals surface area contributed by atoms with E-state index in [1.54, 1.807) is 6.92 Å². The molecule has 0 radical (unpaired) electrons. The fourth-order valence-electron chi connectivity index (χ4n) is 1.13. The van der Waals surface area contributed by atoms with Gasteiger partial charge in [-0.25, -0.2) is 4.98 Å². The van der Waals surface area contributed by atoms with Crippen molar-refractivity contribution in [1.82, 2.24) is 4.98 Å². The summed E-state index contributed by atoms with van der Waals surface area (Å²) in [6.07, 6.45) is 1.49. The Morgan fingerprint density at radius 3 is 2.92 bits per heavy atom. The van der Waals surface area contributed by atoms with Crippen LogP contribution < -0.4 is 0 Å². The van der Waals surface area contributed by atoms with Crippen molar-refractivity contribution in [3.8, 4) is 0 Å². The highest BCUT2D eigenvalue weighted by atomic mass is 16.3. The van der Waals surface area contributed by atoms with E-state index in [0.29, 0.717) is 5.89 Å². The van der Waals surface area contributed by atoms with Gasteiger partial charge in [0, 0.05) is 6.08 Å². The number of aliphatic hydroxyl groups is 1. The minimum atomic E-state index is 0.187. The summed E-state index contributed by atoms with van der Waals surface area (Å²) >= 11 is 0. The second-order valence-corrected chi connectivity index (χ2v) is 2.81. The molecule has 2 rings (SSSR count). The van der Waals surface area contributed by atoms with Crippen molar-refractivity contribution < 1.29 is 9.52 Å². The van der Waals surface area contributed by atoms with Gasteiger partial charge in [-0.2, -0.15) is 0 Å². The summed E-state index contributed by atoms with van der Waals surface area (Å²) in [4.78, 5) is 4.15. The molecule has 0 atom stereocenters. The maximum absolute atomic E-state index is 8.99. The van der Waals surface area contributed by atoms with Crippen LogP contribution in [0.1, 0.15) is 12.8 Å². The number of oxazole rings is 1. The van der Waals surface area contributed by atoms with E-state index in [-0.39, 0.29) is 5.76 Å². The maximum Gasteiger partial charge on any atom is 0.223 e. The van der Waals surface area contributed by atoms with Gasteiger partial charge in [-0.05, 0) is 19.1 Å². The molecule has 1 aromatic carbocycles. The maximum atomic E-state index is 8.99. The molecule has 0 aliphatic heterocycles. The Kier molecular flexibility index (Phi) is 1.77. The van der Waals surface area contributed by atoms with Gasteiger partial charge < -0.3 is 9.52 Å².